The number of hydrogen-bond acceptors (Lipinski definition) is 5. The van der Waals surface area contributed by atoms with Crippen molar-refractivity contribution in [2.24, 2.45) is 5.92 Å². The van der Waals surface area contributed by atoms with Gasteiger partial charge >= 0.3 is 5.97 Å². The Labute approximate surface area is 146 Å². The maximum Gasteiger partial charge on any atom is 0.317 e. The topological polar surface area (TPSA) is 99.6 Å². The average molecular weight is 374 g/mol. The standard InChI is InChI=1S/C15H20ClN3O4S/c16-11-3-14(7-17-6-11)24(22,23)18-12-4-13(5-12)19(9-15(20)21)8-10-1-2-10/h3,6-7,10,12-13,18H,1-2,4-5,8-9H2,(H,20,21). The van der Waals surface area contributed by atoms with E-state index in [0.717, 1.165) is 19.4 Å². The highest BCUT2D eigenvalue weighted by molar-refractivity contribution is 7.89. The summed E-state index contributed by atoms with van der Waals surface area (Å²) in [6.07, 6.45) is 6.18. The monoisotopic (exact) mass is 373 g/mol. The highest BCUT2D eigenvalue weighted by atomic mass is 35.5. The van der Waals surface area contributed by atoms with Gasteiger partial charge < -0.3 is 5.11 Å². The molecule has 3 rings (SSSR count). The Kier molecular flexibility index (Phi) is 5.10. The smallest absolute Gasteiger partial charge is 0.317 e. The summed E-state index contributed by atoms with van der Waals surface area (Å²) in [4.78, 5) is 16.8. The number of halogens is 1. The second kappa shape index (κ2) is 6.95. The predicted molar refractivity (Wildman–Crippen MR) is 88.3 cm³/mol. The number of nitrogens with zero attached hydrogens (tertiary/aromatic N) is 2. The Balaban J connectivity index is 1.56. The minimum Gasteiger partial charge on any atom is -0.480 e. The van der Waals surface area contributed by atoms with Gasteiger partial charge in [-0.05, 0) is 37.7 Å². The van der Waals surface area contributed by atoms with Crippen LogP contribution in [0.4, 0.5) is 0 Å². The van der Waals surface area contributed by atoms with Crippen molar-refractivity contribution in [3.05, 3.63) is 23.5 Å². The van der Waals surface area contributed by atoms with Gasteiger partial charge in [-0.1, -0.05) is 11.6 Å². The lowest BCUT2D eigenvalue weighted by molar-refractivity contribution is -0.139. The van der Waals surface area contributed by atoms with E-state index < -0.39 is 16.0 Å². The second-order valence-corrected chi connectivity index (χ2v) is 8.70. The van der Waals surface area contributed by atoms with Crippen molar-refractivity contribution < 1.29 is 18.3 Å². The molecule has 0 atom stereocenters. The van der Waals surface area contributed by atoms with E-state index in [4.69, 9.17) is 16.7 Å². The van der Waals surface area contributed by atoms with Crippen LogP contribution in [0.3, 0.4) is 0 Å². The molecule has 0 unspecified atom stereocenters. The number of rotatable bonds is 8. The summed E-state index contributed by atoms with van der Waals surface area (Å²) in [5.41, 5.74) is 0. The molecule has 132 valence electrons. The van der Waals surface area contributed by atoms with E-state index in [2.05, 4.69) is 9.71 Å². The molecule has 0 bridgehead atoms. The highest BCUT2D eigenvalue weighted by Crippen LogP contribution is 2.34. The summed E-state index contributed by atoms with van der Waals surface area (Å²) in [6.45, 7) is 0.799. The first-order valence-corrected chi connectivity index (χ1v) is 9.78. The third-order valence-corrected chi connectivity index (χ3v) is 6.16. The van der Waals surface area contributed by atoms with Crippen molar-refractivity contribution in [2.75, 3.05) is 13.1 Å². The minimum absolute atomic E-state index is 0.0127. The molecule has 0 spiro atoms. The molecule has 2 aliphatic rings. The summed E-state index contributed by atoms with van der Waals surface area (Å²) in [7, 11) is -3.66. The molecule has 2 N–H and O–H groups in total. The van der Waals surface area contributed by atoms with Gasteiger partial charge in [-0.25, -0.2) is 13.1 Å². The Morgan fingerprint density at radius 2 is 2.08 bits per heavy atom. The fourth-order valence-electron chi connectivity index (χ4n) is 2.96. The number of sulfonamides is 1. The molecule has 1 aromatic rings. The normalized spacial score (nSPS) is 23.9. The van der Waals surface area contributed by atoms with Crippen molar-refractivity contribution in [3.63, 3.8) is 0 Å². The molecule has 2 fully saturated rings. The molecule has 2 saturated carbocycles. The zero-order valence-electron chi connectivity index (χ0n) is 13.1. The molecular weight excluding hydrogens is 354 g/mol. The van der Waals surface area contributed by atoms with E-state index >= 15 is 0 Å². The first-order valence-electron chi connectivity index (χ1n) is 7.92. The van der Waals surface area contributed by atoms with Gasteiger partial charge in [0.2, 0.25) is 10.0 Å². The van der Waals surface area contributed by atoms with E-state index in [9.17, 15) is 13.2 Å². The predicted octanol–water partition coefficient (Wildman–Crippen LogP) is 1.34. The van der Waals surface area contributed by atoms with Crippen molar-refractivity contribution in [1.29, 1.82) is 0 Å². The van der Waals surface area contributed by atoms with Gasteiger partial charge in [0, 0.05) is 31.0 Å². The lowest BCUT2D eigenvalue weighted by Gasteiger charge is -2.42. The molecule has 0 saturated heterocycles. The molecule has 1 heterocycles. The van der Waals surface area contributed by atoms with Crippen LogP contribution in [-0.4, -0.2) is 54.6 Å². The molecule has 1 aromatic heterocycles. The van der Waals surface area contributed by atoms with E-state index in [1.54, 1.807) is 0 Å². The maximum atomic E-state index is 12.3. The minimum atomic E-state index is -3.66. The third-order valence-electron chi connectivity index (χ3n) is 4.47. The average Bonchev–Trinajstić information content (AvgIpc) is 3.25. The molecule has 0 radical (unpaired) electrons. The molecular formula is C15H20ClN3O4S. The van der Waals surface area contributed by atoms with Crippen LogP contribution in [0.25, 0.3) is 0 Å². The largest absolute Gasteiger partial charge is 0.480 e. The first kappa shape index (κ1) is 17.6. The Bertz CT molecular complexity index is 717. The fourth-order valence-corrected chi connectivity index (χ4v) is 4.45. The third kappa shape index (κ3) is 4.44. The lowest BCUT2D eigenvalue weighted by atomic mass is 9.86. The molecule has 0 aliphatic heterocycles. The van der Waals surface area contributed by atoms with E-state index in [-0.39, 0.29) is 28.5 Å². The van der Waals surface area contributed by atoms with Crippen LogP contribution in [0.5, 0.6) is 0 Å². The van der Waals surface area contributed by atoms with Gasteiger partial charge in [0.15, 0.2) is 0 Å². The number of carboxylic acids is 1. The molecule has 2 aliphatic carbocycles. The van der Waals surface area contributed by atoms with E-state index in [0.29, 0.717) is 18.8 Å². The van der Waals surface area contributed by atoms with Crippen LogP contribution in [-0.2, 0) is 14.8 Å². The van der Waals surface area contributed by atoms with Gasteiger partial charge in [0.1, 0.15) is 4.90 Å². The number of carboxylic acid groups (broad SMARTS) is 1. The number of pyridine rings is 1. The van der Waals surface area contributed by atoms with Crippen LogP contribution in [0, 0.1) is 5.92 Å². The van der Waals surface area contributed by atoms with Crippen LogP contribution in [0.15, 0.2) is 23.4 Å². The van der Waals surface area contributed by atoms with Crippen LogP contribution in [0.1, 0.15) is 25.7 Å². The number of nitrogens with one attached hydrogen (secondary N) is 1. The first-order chi connectivity index (χ1) is 11.3. The van der Waals surface area contributed by atoms with Crippen LogP contribution < -0.4 is 4.72 Å². The van der Waals surface area contributed by atoms with Crippen molar-refractivity contribution in [1.82, 2.24) is 14.6 Å². The summed E-state index contributed by atoms with van der Waals surface area (Å²) in [6, 6.07) is 1.29. The van der Waals surface area contributed by atoms with Gasteiger partial charge in [-0.3, -0.25) is 14.7 Å². The van der Waals surface area contributed by atoms with Gasteiger partial charge in [0.05, 0.1) is 11.6 Å². The van der Waals surface area contributed by atoms with E-state index in [1.165, 1.54) is 18.5 Å². The van der Waals surface area contributed by atoms with E-state index in [1.807, 2.05) is 4.90 Å². The number of aromatic nitrogens is 1. The van der Waals surface area contributed by atoms with Gasteiger partial charge in [-0.2, -0.15) is 0 Å². The molecule has 7 nitrogen and oxygen atoms in total. The van der Waals surface area contributed by atoms with Crippen molar-refractivity contribution in [3.8, 4) is 0 Å². The summed E-state index contributed by atoms with van der Waals surface area (Å²) in [5, 5.41) is 9.31. The number of aliphatic carboxylic acids is 1. The summed E-state index contributed by atoms with van der Waals surface area (Å²) in [5.74, 6) is -0.248. The summed E-state index contributed by atoms with van der Waals surface area (Å²) < 4.78 is 27.3. The second-order valence-electron chi connectivity index (χ2n) is 6.55. The Hall–Kier alpha value is -1.22. The van der Waals surface area contributed by atoms with Crippen molar-refractivity contribution in [2.45, 2.75) is 42.7 Å². The number of carbonyl (C=O) groups is 1. The van der Waals surface area contributed by atoms with Crippen LogP contribution in [0.2, 0.25) is 5.02 Å². The van der Waals surface area contributed by atoms with Gasteiger partial charge in [0.25, 0.3) is 0 Å². The fraction of sp³-hybridized carbons (Fsp3) is 0.600. The lowest BCUT2D eigenvalue weighted by Crippen LogP contribution is -2.55. The Morgan fingerprint density at radius 1 is 1.38 bits per heavy atom. The van der Waals surface area contributed by atoms with Crippen molar-refractivity contribution >= 4 is 27.6 Å². The zero-order valence-corrected chi connectivity index (χ0v) is 14.6. The Morgan fingerprint density at radius 3 is 2.67 bits per heavy atom. The molecule has 24 heavy (non-hydrogen) atoms. The number of hydrogen-bond donors (Lipinski definition) is 2. The quantitative estimate of drug-likeness (QED) is 0.713. The maximum absolute atomic E-state index is 12.3. The molecule has 9 heteroatoms. The highest BCUT2D eigenvalue weighted by Gasteiger charge is 2.38. The molecule has 0 amide bonds. The molecule has 0 aromatic carbocycles. The zero-order chi connectivity index (χ0) is 17.3. The van der Waals surface area contributed by atoms with Gasteiger partial charge in [-0.15, -0.1) is 0 Å². The van der Waals surface area contributed by atoms with Crippen LogP contribution >= 0.6 is 11.6 Å². The summed E-state index contributed by atoms with van der Waals surface area (Å²) >= 11 is 5.79. The SMILES string of the molecule is O=C(O)CN(CC1CC1)C1CC(NS(=O)(=O)c2cncc(Cl)c2)C1.